The highest BCUT2D eigenvalue weighted by Crippen LogP contribution is 2.48. The molecule has 0 radical (unpaired) electrons. The van der Waals surface area contributed by atoms with Crippen molar-refractivity contribution in [2.75, 3.05) is 16.8 Å². The Kier molecular flexibility index (Phi) is 13.6. The third-order valence-corrected chi connectivity index (χ3v) is 8.34. The Morgan fingerprint density at radius 1 is 0.800 bits per heavy atom. The van der Waals surface area contributed by atoms with Crippen molar-refractivity contribution in [3.05, 3.63) is 86.4 Å². The second kappa shape index (κ2) is 16.7. The molecule has 1 amide bonds. The van der Waals surface area contributed by atoms with Gasteiger partial charge in [0.2, 0.25) is 5.60 Å². The average Bonchev–Trinajstić information content (AvgIpc) is 4.00. The van der Waals surface area contributed by atoms with Crippen molar-refractivity contribution in [2.24, 2.45) is 11.8 Å². The smallest absolute Gasteiger partial charge is 0.415 e. The van der Waals surface area contributed by atoms with Gasteiger partial charge in [-0.1, -0.05) is 60.0 Å². The number of hydrogen-bond acceptors (Lipinski definition) is 6. The number of carbonyl (C=O) groups excluding carboxylic acids is 2. The van der Waals surface area contributed by atoms with Crippen molar-refractivity contribution < 1.29 is 58.9 Å². The zero-order valence-corrected chi connectivity index (χ0v) is 29.3. The lowest BCUT2D eigenvalue weighted by atomic mass is 9.90. The summed E-state index contributed by atoms with van der Waals surface area (Å²) in [5, 5.41) is 12.4. The lowest BCUT2D eigenvalue weighted by molar-refractivity contribution is -0.240. The zero-order chi connectivity index (χ0) is 40.4. The van der Waals surface area contributed by atoms with Gasteiger partial charge in [-0.3, -0.25) is 10.1 Å². The summed E-state index contributed by atoms with van der Waals surface area (Å²) in [5.74, 6) is 6.89. The highest BCUT2D eigenvalue weighted by Gasteiger charge is 2.62. The number of nitrogens with two attached hydrogens (primary N) is 2. The van der Waals surface area contributed by atoms with Gasteiger partial charge in [0, 0.05) is 49.4 Å². The molecule has 0 unspecified atom stereocenters. The summed E-state index contributed by atoms with van der Waals surface area (Å²) in [6, 6.07) is 10.7. The van der Waals surface area contributed by atoms with Crippen molar-refractivity contribution in [1.29, 1.82) is 0 Å². The monoisotopic (exact) mass is 843 g/mol. The van der Waals surface area contributed by atoms with E-state index in [4.69, 9.17) is 46.3 Å². The number of fused-ring (bicyclic) bond motifs is 1. The minimum Gasteiger partial charge on any atom is -0.415 e. The number of cyclic esters (lactones) is 1. The van der Waals surface area contributed by atoms with Crippen LogP contribution in [0.2, 0.25) is 15.1 Å². The number of nitrogen functional groups attached to an aromatic ring is 2. The Balaban J connectivity index is 0.000000224. The molecular formula is C36H29Cl3F9N3O4. The summed E-state index contributed by atoms with van der Waals surface area (Å²) in [4.78, 5) is 22.3. The maximum Gasteiger partial charge on any atom is 0.454 e. The van der Waals surface area contributed by atoms with Crippen molar-refractivity contribution in [2.45, 2.75) is 62.8 Å². The maximum absolute atomic E-state index is 13.6. The molecule has 1 aliphatic heterocycles. The van der Waals surface area contributed by atoms with E-state index in [2.05, 4.69) is 27.8 Å². The van der Waals surface area contributed by atoms with E-state index in [-0.39, 0.29) is 57.0 Å². The molecule has 2 atom stereocenters. The van der Waals surface area contributed by atoms with Gasteiger partial charge in [0.05, 0.1) is 11.3 Å². The fourth-order valence-corrected chi connectivity index (χ4v) is 5.01. The van der Waals surface area contributed by atoms with Crippen LogP contribution in [0.4, 0.5) is 61.4 Å². The Morgan fingerprint density at radius 3 is 1.84 bits per heavy atom. The largest absolute Gasteiger partial charge is 0.454 e. The number of rotatable bonds is 2. The van der Waals surface area contributed by atoms with E-state index in [1.54, 1.807) is 0 Å². The minimum absolute atomic E-state index is 0. The van der Waals surface area contributed by atoms with E-state index in [0.29, 0.717) is 0 Å². The second-order valence-electron chi connectivity index (χ2n) is 12.0. The molecule has 3 aliphatic rings. The number of anilines is 3. The summed E-state index contributed by atoms with van der Waals surface area (Å²) >= 11 is 16.9. The SMILES string of the molecule is C.Nc1ccc(Cl)cc1C(=O)C(F)(F)F.Nc1ccc(Cl)cc1[C@@](O)(C#CC1CC1)C(F)(F)F.O=C1Nc2ccc(Cl)cc2[C@@](C#CC2CC2)(C(F)(F)F)O1. The number of carbonyl (C=O) groups is 2. The molecule has 0 aromatic heterocycles. The molecule has 7 nitrogen and oxygen atoms in total. The molecule has 3 aromatic rings. The Bertz CT molecular complexity index is 2060. The van der Waals surface area contributed by atoms with E-state index in [9.17, 15) is 54.2 Å². The van der Waals surface area contributed by atoms with Crippen LogP contribution in [0, 0.1) is 35.5 Å². The second-order valence-corrected chi connectivity index (χ2v) is 13.3. The van der Waals surface area contributed by atoms with Gasteiger partial charge in [0.25, 0.3) is 11.4 Å². The third kappa shape index (κ3) is 10.9. The van der Waals surface area contributed by atoms with Gasteiger partial charge in [-0.2, -0.15) is 39.5 Å². The number of aliphatic hydroxyl groups is 1. The first-order chi connectivity index (χ1) is 24.9. The maximum atomic E-state index is 13.6. The van der Waals surface area contributed by atoms with Crippen LogP contribution in [0.3, 0.4) is 0 Å². The molecule has 0 saturated heterocycles. The lowest BCUT2D eigenvalue weighted by Gasteiger charge is -2.35. The highest BCUT2D eigenvalue weighted by atomic mass is 35.5. The van der Waals surface area contributed by atoms with E-state index < -0.39 is 52.7 Å². The van der Waals surface area contributed by atoms with Gasteiger partial charge in [-0.25, -0.2) is 4.79 Å². The third-order valence-electron chi connectivity index (χ3n) is 7.64. The van der Waals surface area contributed by atoms with Crippen LogP contribution in [0.25, 0.3) is 0 Å². The Labute approximate surface area is 323 Å². The molecular weight excluding hydrogens is 816 g/mol. The van der Waals surface area contributed by atoms with Crippen molar-refractivity contribution >= 4 is 63.7 Å². The van der Waals surface area contributed by atoms with Crippen LogP contribution in [0.1, 0.15) is 54.6 Å². The number of amides is 1. The van der Waals surface area contributed by atoms with Crippen LogP contribution in [0.15, 0.2) is 54.6 Å². The number of halogens is 12. The molecule has 1 heterocycles. The molecule has 0 spiro atoms. The van der Waals surface area contributed by atoms with Crippen molar-refractivity contribution in [1.82, 2.24) is 0 Å². The lowest BCUT2D eigenvalue weighted by Crippen LogP contribution is -2.49. The average molecular weight is 845 g/mol. The van der Waals surface area contributed by atoms with E-state index in [1.165, 1.54) is 30.3 Å². The van der Waals surface area contributed by atoms with Gasteiger partial charge in [0.1, 0.15) is 0 Å². The highest BCUT2D eigenvalue weighted by molar-refractivity contribution is 6.31. The molecule has 55 heavy (non-hydrogen) atoms. The fourth-order valence-electron chi connectivity index (χ4n) is 4.50. The number of ketones is 1. The van der Waals surface area contributed by atoms with Gasteiger partial charge < -0.3 is 21.3 Å². The number of Topliss-reactive ketones (excluding diaryl/α,β-unsaturated/α-hetero) is 1. The molecule has 2 aliphatic carbocycles. The standard InChI is InChI=1S/C14H9ClF3NO2.C13H11ClF3NO.C8H5ClF3NO.CH4/c15-9-3-4-11-10(7-9)13(14(16,17)18,21-12(20)19-11)6-5-8-1-2-8;14-9-3-4-11(18)10(7-9)12(19,13(15,16)17)6-5-8-1-2-8;9-4-1-2-6(13)5(3-4)7(14)8(10,11)12;/h3-4,7-8H,1-2H2,(H,19,20);3-4,7-8,19H,1-2,18H2;1-3H,13H2;1H4/t13-;12-;;/m00../s1. The zero-order valence-electron chi connectivity index (χ0n) is 27.0. The number of alkyl halides is 9. The summed E-state index contributed by atoms with van der Waals surface area (Å²) in [6.45, 7) is 0. The van der Waals surface area contributed by atoms with Gasteiger partial charge in [0.15, 0.2) is 0 Å². The predicted octanol–water partition coefficient (Wildman–Crippen LogP) is 10.5. The first kappa shape index (κ1) is 44.9. The number of nitrogens with one attached hydrogen (secondary N) is 1. The molecule has 0 bridgehead atoms. The molecule has 2 saturated carbocycles. The molecule has 19 heteroatoms. The quantitative estimate of drug-likeness (QED) is 0.0881. The van der Waals surface area contributed by atoms with E-state index >= 15 is 0 Å². The van der Waals surface area contributed by atoms with Crippen LogP contribution in [0.5, 0.6) is 0 Å². The van der Waals surface area contributed by atoms with E-state index in [1.807, 2.05) is 5.92 Å². The van der Waals surface area contributed by atoms with Crippen LogP contribution in [-0.2, 0) is 15.9 Å². The topological polar surface area (TPSA) is 128 Å². The first-order valence-electron chi connectivity index (χ1n) is 15.3. The minimum atomic E-state index is -4.95. The van der Waals surface area contributed by atoms with Crippen LogP contribution >= 0.6 is 34.8 Å². The molecule has 296 valence electrons. The molecule has 6 N–H and O–H groups in total. The molecule has 6 rings (SSSR count). The van der Waals surface area contributed by atoms with Gasteiger partial charge in [-0.15, -0.1) is 0 Å². The summed E-state index contributed by atoms with van der Waals surface area (Å²) in [7, 11) is 0. The molecule has 2 fully saturated rings. The normalized spacial score (nSPS) is 18.5. The summed E-state index contributed by atoms with van der Waals surface area (Å²) in [5.41, 5.74) is 2.57. The number of benzene rings is 3. The molecule has 3 aromatic carbocycles. The van der Waals surface area contributed by atoms with Gasteiger partial charge in [-0.05, 0) is 86.2 Å². The van der Waals surface area contributed by atoms with Crippen LogP contribution in [-0.4, -0.2) is 35.5 Å². The Morgan fingerprint density at radius 2 is 1.31 bits per heavy atom. The predicted molar refractivity (Wildman–Crippen MR) is 189 cm³/mol. The number of hydrogen-bond donors (Lipinski definition) is 4. The first-order valence-corrected chi connectivity index (χ1v) is 16.4. The van der Waals surface area contributed by atoms with Crippen molar-refractivity contribution in [3.8, 4) is 23.7 Å². The van der Waals surface area contributed by atoms with Crippen molar-refractivity contribution in [3.63, 3.8) is 0 Å². The summed E-state index contributed by atoms with van der Waals surface area (Å²) in [6.07, 6.45) is -12.9. The Hall–Kier alpha value is -4.48. The van der Waals surface area contributed by atoms with Gasteiger partial charge >= 0.3 is 24.6 Å². The van der Waals surface area contributed by atoms with Crippen LogP contribution < -0.4 is 16.8 Å². The van der Waals surface area contributed by atoms with E-state index in [0.717, 1.165) is 49.9 Å². The summed E-state index contributed by atoms with van der Waals surface area (Å²) < 4.78 is 121. The fraction of sp³-hybridized carbons (Fsp3) is 0.333. The number of ether oxygens (including phenoxy) is 1.